The summed E-state index contributed by atoms with van der Waals surface area (Å²) in [6.45, 7) is 0.227. The molecule has 1 amide bonds. The number of benzene rings is 2. The van der Waals surface area contributed by atoms with E-state index in [9.17, 15) is 4.79 Å². The predicted octanol–water partition coefficient (Wildman–Crippen LogP) is 2.85. The van der Waals surface area contributed by atoms with Gasteiger partial charge >= 0.3 is 6.09 Å². The number of ether oxygens (including phenoxy) is 1. The Balaban J connectivity index is 1.95. The number of rotatable bonds is 2. The molecule has 3 nitrogen and oxygen atoms in total. The molecule has 0 saturated heterocycles. The zero-order valence-corrected chi connectivity index (χ0v) is 9.85. The minimum atomic E-state index is -0.740. The number of amides is 1. The van der Waals surface area contributed by atoms with Gasteiger partial charge in [0.15, 0.2) is 0 Å². The average molecular weight is 239 g/mol. The molecule has 0 heterocycles. The maximum Gasteiger partial charge on any atom is 0.404 e. The van der Waals surface area contributed by atoms with Crippen molar-refractivity contribution in [3.05, 3.63) is 59.2 Å². The third-order valence-electron chi connectivity index (χ3n) is 3.24. The van der Waals surface area contributed by atoms with Gasteiger partial charge in [-0.2, -0.15) is 0 Å². The molecule has 0 aliphatic heterocycles. The van der Waals surface area contributed by atoms with Gasteiger partial charge in [0.1, 0.15) is 6.61 Å². The molecule has 0 atom stereocenters. The summed E-state index contributed by atoms with van der Waals surface area (Å²) in [7, 11) is 0. The molecule has 0 saturated carbocycles. The molecule has 3 heteroatoms. The van der Waals surface area contributed by atoms with Crippen molar-refractivity contribution in [2.45, 2.75) is 13.0 Å². The molecule has 90 valence electrons. The molecule has 18 heavy (non-hydrogen) atoms. The minimum Gasteiger partial charge on any atom is -0.445 e. The van der Waals surface area contributed by atoms with Crippen LogP contribution in [0.15, 0.2) is 42.5 Å². The van der Waals surface area contributed by atoms with Crippen molar-refractivity contribution < 1.29 is 9.53 Å². The second-order valence-electron chi connectivity index (χ2n) is 4.43. The number of nitrogens with two attached hydrogens (primary N) is 1. The van der Waals surface area contributed by atoms with Crippen molar-refractivity contribution in [3.8, 4) is 11.1 Å². The van der Waals surface area contributed by atoms with E-state index >= 15 is 0 Å². The number of carbonyl (C=O) groups is 1. The lowest BCUT2D eigenvalue weighted by atomic mass is 10.0. The lowest BCUT2D eigenvalue weighted by Crippen LogP contribution is -2.12. The smallest absolute Gasteiger partial charge is 0.404 e. The summed E-state index contributed by atoms with van der Waals surface area (Å²) in [5, 5.41) is 0. The number of hydrogen-bond acceptors (Lipinski definition) is 2. The van der Waals surface area contributed by atoms with Gasteiger partial charge in [0.25, 0.3) is 0 Å². The summed E-state index contributed by atoms with van der Waals surface area (Å²) in [4.78, 5) is 10.6. The van der Waals surface area contributed by atoms with Crippen LogP contribution in [0.5, 0.6) is 0 Å². The highest BCUT2D eigenvalue weighted by atomic mass is 16.5. The topological polar surface area (TPSA) is 52.3 Å². The van der Waals surface area contributed by atoms with Gasteiger partial charge in [-0.25, -0.2) is 4.79 Å². The van der Waals surface area contributed by atoms with Crippen molar-refractivity contribution in [1.82, 2.24) is 0 Å². The van der Waals surface area contributed by atoms with E-state index in [1.165, 1.54) is 22.3 Å². The van der Waals surface area contributed by atoms with Crippen molar-refractivity contribution in [2.75, 3.05) is 0 Å². The summed E-state index contributed by atoms with van der Waals surface area (Å²) in [6, 6.07) is 14.5. The fourth-order valence-corrected chi connectivity index (χ4v) is 2.42. The minimum absolute atomic E-state index is 0.227. The van der Waals surface area contributed by atoms with E-state index in [1.54, 1.807) is 0 Å². The SMILES string of the molecule is NC(=O)OCc1ccc2c(c1)-c1ccccc1C2. The Morgan fingerprint density at radius 3 is 2.72 bits per heavy atom. The van der Waals surface area contributed by atoms with E-state index in [4.69, 9.17) is 10.5 Å². The Morgan fingerprint density at radius 2 is 1.89 bits per heavy atom. The number of carbonyl (C=O) groups excluding carboxylic acids is 1. The first-order valence-corrected chi connectivity index (χ1v) is 5.86. The van der Waals surface area contributed by atoms with Crippen LogP contribution >= 0.6 is 0 Å². The molecule has 1 aliphatic rings. The Bertz CT molecular complexity index is 620. The van der Waals surface area contributed by atoms with Gasteiger partial charge in [-0.1, -0.05) is 36.4 Å². The van der Waals surface area contributed by atoms with Crippen LogP contribution in [0, 0.1) is 0 Å². The Hall–Kier alpha value is -2.29. The summed E-state index contributed by atoms with van der Waals surface area (Å²) >= 11 is 0. The van der Waals surface area contributed by atoms with Gasteiger partial charge in [-0.05, 0) is 40.3 Å². The standard InChI is InChI=1S/C15H13NO2/c16-15(17)18-9-10-5-6-12-8-11-3-1-2-4-13(11)14(12)7-10/h1-7H,8-9H2,(H2,16,17). The summed E-state index contributed by atoms with van der Waals surface area (Å²) in [5.41, 5.74) is 11.1. The van der Waals surface area contributed by atoms with Crippen LogP contribution in [-0.2, 0) is 17.8 Å². The Labute approximate surface area is 105 Å². The normalized spacial score (nSPS) is 11.8. The van der Waals surface area contributed by atoms with Crippen LogP contribution in [0.2, 0.25) is 0 Å². The second-order valence-corrected chi connectivity index (χ2v) is 4.43. The monoisotopic (exact) mass is 239 g/mol. The maximum atomic E-state index is 10.6. The van der Waals surface area contributed by atoms with Crippen LogP contribution in [0.3, 0.4) is 0 Å². The number of primary amides is 1. The van der Waals surface area contributed by atoms with Crippen molar-refractivity contribution in [3.63, 3.8) is 0 Å². The van der Waals surface area contributed by atoms with Gasteiger partial charge in [-0.15, -0.1) is 0 Å². The van der Waals surface area contributed by atoms with Crippen molar-refractivity contribution in [2.24, 2.45) is 5.73 Å². The van der Waals surface area contributed by atoms with Gasteiger partial charge in [-0.3, -0.25) is 0 Å². The van der Waals surface area contributed by atoms with Crippen LogP contribution in [-0.4, -0.2) is 6.09 Å². The number of fused-ring (bicyclic) bond motifs is 3. The largest absolute Gasteiger partial charge is 0.445 e. The van der Waals surface area contributed by atoms with E-state index in [0.717, 1.165) is 12.0 Å². The quantitative estimate of drug-likeness (QED) is 0.747. The van der Waals surface area contributed by atoms with Gasteiger partial charge in [0.05, 0.1) is 0 Å². The molecule has 2 N–H and O–H groups in total. The van der Waals surface area contributed by atoms with Crippen molar-refractivity contribution >= 4 is 6.09 Å². The zero-order valence-electron chi connectivity index (χ0n) is 9.85. The van der Waals surface area contributed by atoms with Crippen molar-refractivity contribution in [1.29, 1.82) is 0 Å². The van der Waals surface area contributed by atoms with E-state index in [2.05, 4.69) is 30.3 Å². The first-order valence-electron chi connectivity index (χ1n) is 5.86. The maximum absolute atomic E-state index is 10.6. The fraction of sp³-hybridized carbons (Fsp3) is 0.133. The molecule has 0 radical (unpaired) electrons. The van der Waals surface area contributed by atoms with E-state index in [1.807, 2.05) is 12.1 Å². The molecule has 1 aliphatic carbocycles. The average Bonchev–Trinajstić information content (AvgIpc) is 2.74. The highest BCUT2D eigenvalue weighted by Crippen LogP contribution is 2.36. The summed E-state index contributed by atoms with van der Waals surface area (Å²) in [5.74, 6) is 0. The van der Waals surface area contributed by atoms with E-state index < -0.39 is 6.09 Å². The van der Waals surface area contributed by atoms with E-state index in [0.29, 0.717) is 0 Å². The molecule has 0 spiro atoms. The highest BCUT2D eigenvalue weighted by molar-refractivity contribution is 5.77. The number of hydrogen-bond donors (Lipinski definition) is 1. The molecule has 0 bridgehead atoms. The lowest BCUT2D eigenvalue weighted by Gasteiger charge is -2.05. The van der Waals surface area contributed by atoms with Crippen LogP contribution in [0.25, 0.3) is 11.1 Å². The molecule has 0 aromatic heterocycles. The molecular weight excluding hydrogens is 226 g/mol. The third kappa shape index (κ3) is 1.84. The van der Waals surface area contributed by atoms with E-state index in [-0.39, 0.29) is 6.61 Å². The summed E-state index contributed by atoms with van der Waals surface area (Å²) < 4.78 is 4.81. The zero-order chi connectivity index (χ0) is 12.5. The van der Waals surface area contributed by atoms with Gasteiger partial charge in [0, 0.05) is 0 Å². The Kier molecular flexibility index (Phi) is 2.52. The van der Waals surface area contributed by atoms with Gasteiger partial charge in [0.2, 0.25) is 0 Å². The first kappa shape index (κ1) is 10.8. The van der Waals surface area contributed by atoms with Crippen LogP contribution in [0.4, 0.5) is 4.79 Å². The summed E-state index contributed by atoms with van der Waals surface area (Å²) in [6.07, 6.45) is 0.235. The highest BCUT2D eigenvalue weighted by Gasteiger charge is 2.17. The fourth-order valence-electron chi connectivity index (χ4n) is 2.42. The third-order valence-corrected chi connectivity index (χ3v) is 3.24. The molecule has 2 aromatic carbocycles. The van der Waals surface area contributed by atoms with Crippen LogP contribution < -0.4 is 5.73 Å². The predicted molar refractivity (Wildman–Crippen MR) is 69.1 cm³/mol. The van der Waals surface area contributed by atoms with Gasteiger partial charge < -0.3 is 10.5 Å². The van der Waals surface area contributed by atoms with Crippen LogP contribution in [0.1, 0.15) is 16.7 Å². The molecule has 3 rings (SSSR count). The molecule has 2 aromatic rings. The molecule has 0 fully saturated rings. The Morgan fingerprint density at radius 1 is 1.11 bits per heavy atom. The molecular formula is C15H13NO2. The lowest BCUT2D eigenvalue weighted by molar-refractivity contribution is 0.150. The second kappa shape index (κ2) is 4.18. The first-order chi connectivity index (χ1) is 8.74. The molecule has 0 unspecified atom stereocenters.